The van der Waals surface area contributed by atoms with Crippen LogP contribution in [-0.2, 0) is 10.0 Å². The van der Waals surface area contributed by atoms with Crippen LogP contribution in [0.4, 0.5) is 0 Å². The summed E-state index contributed by atoms with van der Waals surface area (Å²) in [6.07, 6.45) is 4.37. The Kier molecular flexibility index (Phi) is 5.48. The van der Waals surface area contributed by atoms with Gasteiger partial charge in [-0.1, -0.05) is 24.4 Å². The summed E-state index contributed by atoms with van der Waals surface area (Å²) in [5, 5.41) is 0.482. The number of benzene rings is 1. The van der Waals surface area contributed by atoms with Crippen LogP contribution in [0.1, 0.15) is 25.7 Å². The van der Waals surface area contributed by atoms with Crippen molar-refractivity contribution in [2.24, 2.45) is 11.7 Å². The first-order valence-electron chi connectivity index (χ1n) is 6.61. The van der Waals surface area contributed by atoms with Gasteiger partial charge in [0.05, 0.1) is 9.92 Å². The maximum atomic E-state index is 12.4. The van der Waals surface area contributed by atoms with Crippen LogP contribution in [0.15, 0.2) is 27.6 Å². The standard InChI is InChI=1S/C13H18BrClN2O2S/c14-11-7-10(5-6-12(11)15)20(18,19)17-13(8-16)9-3-1-2-4-9/h5-7,9,13,17H,1-4,8,16H2. The molecule has 7 heteroatoms. The van der Waals surface area contributed by atoms with E-state index in [1.165, 1.54) is 12.1 Å². The van der Waals surface area contributed by atoms with Gasteiger partial charge in [0.15, 0.2) is 0 Å². The Hall–Kier alpha value is -0.140. The molecule has 3 N–H and O–H groups in total. The maximum Gasteiger partial charge on any atom is 0.240 e. The van der Waals surface area contributed by atoms with Crippen LogP contribution in [0.25, 0.3) is 0 Å². The summed E-state index contributed by atoms with van der Waals surface area (Å²) in [4.78, 5) is 0.199. The number of sulfonamides is 1. The second-order valence-electron chi connectivity index (χ2n) is 5.08. The number of nitrogens with one attached hydrogen (secondary N) is 1. The van der Waals surface area contributed by atoms with Crippen LogP contribution >= 0.6 is 27.5 Å². The molecule has 2 rings (SSSR count). The van der Waals surface area contributed by atoms with Crippen molar-refractivity contribution >= 4 is 37.6 Å². The molecule has 0 aliphatic heterocycles. The first kappa shape index (κ1) is 16.2. The number of hydrogen-bond acceptors (Lipinski definition) is 3. The fourth-order valence-corrected chi connectivity index (χ4v) is 4.60. The minimum Gasteiger partial charge on any atom is -0.329 e. The van der Waals surface area contributed by atoms with Gasteiger partial charge in [-0.2, -0.15) is 0 Å². The van der Waals surface area contributed by atoms with Crippen molar-refractivity contribution in [2.75, 3.05) is 6.54 Å². The molecule has 1 unspecified atom stereocenters. The molecule has 1 aliphatic rings. The van der Waals surface area contributed by atoms with E-state index >= 15 is 0 Å². The fourth-order valence-electron chi connectivity index (χ4n) is 2.61. The molecule has 112 valence electrons. The van der Waals surface area contributed by atoms with Gasteiger partial charge in [0.1, 0.15) is 0 Å². The zero-order valence-corrected chi connectivity index (χ0v) is 14.1. The first-order valence-corrected chi connectivity index (χ1v) is 9.27. The van der Waals surface area contributed by atoms with Crippen molar-refractivity contribution in [3.05, 3.63) is 27.7 Å². The fraction of sp³-hybridized carbons (Fsp3) is 0.538. The molecule has 0 spiro atoms. The summed E-state index contributed by atoms with van der Waals surface area (Å²) in [7, 11) is -3.57. The largest absolute Gasteiger partial charge is 0.329 e. The van der Waals surface area contributed by atoms with Crippen molar-refractivity contribution in [3.8, 4) is 0 Å². The van der Waals surface area contributed by atoms with Crippen LogP contribution in [-0.4, -0.2) is 21.0 Å². The summed E-state index contributed by atoms with van der Waals surface area (Å²) < 4.78 is 28.1. The van der Waals surface area contributed by atoms with E-state index in [1.807, 2.05) is 0 Å². The van der Waals surface area contributed by atoms with Crippen LogP contribution < -0.4 is 10.5 Å². The van der Waals surface area contributed by atoms with Crippen molar-refractivity contribution in [2.45, 2.75) is 36.6 Å². The van der Waals surface area contributed by atoms with E-state index in [9.17, 15) is 8.42 Å². The molecular formula is C13H18BrClN2O2S. The molecule has 1 fully saturated rings. The third-order valence-corrected chi connectivity index (χ3v) is 6.43. The zero-order valence-electron chi connectivity index (χ0n) is 11.0. The Morgan fingerprint density at radius 3 is 2.60 bits per heavy atom. The topological polar surface area (TPSA) is 72.2 Å². The van der Waals surface area contributed by atoms with Gasteiger partial charge in [-0.05, 0) is 52.9 Å². The Balaban J connectivity index is 2.18. The number of rotatable bonds is 5. The maximum absolute atomic E-state index is 12.4. The molecule has 0 radical (unpaired) electrons. The van der Waals surface area contributed by atoms with E-state index in [4.69, 9.17) is 17.3 Å². The third kappa shape index (κ3) is 3.74. The van der Waals surface area contributed by atoms with Crippen LogP contribution in [0.3, 0.4) is 0 Å². The SMILES string of the molecule is NCC(NS(=O)(=O)c1ccc(Cl)c(Br)c1)C1CCCC1. The molecule has 1 atom stereocenters. The van der Waals surface area contributed by atoms with Crippen molar-refractivity contribution in [3.63, 3.8) is 0 Å². The van der Waals surface area contributed by atoms with E-state index in [-0.39, 0.29) is 10.9 Å². The van der Waals surface area contributed by atoms with Gasteiger partial charge in [-0.25, -0.2) is 13.1 Å². The first-order chi connectivity index (χ1) is 9.44. The molecule has 1 aliphatic carbocycles. The highest BCUT2D eigenvalue weighted by Crippen LogP contribution is 2.29. The monoisotopic (exact) mass is 380 g/mol. The van der Waals surface area contributed by atoms with E-state index in [2.05, 4.69) is 20.7 Å². The van der Waals surface area contributed by atoms with Gasteiger partial charge in [0, 0.05) is 17.1 Å². The average Bonchev–Trinajstić information content (AvgIpc) is 2.93. The summed E-state index contributed by atoms with van der Waals surface area (Å²) in [6, 6.07) is 4.37. The molecule has 0 saturated heterocycles. The Labute approximate surface area is 133 Å². The molecular weight excluding hydrogens is 364 g/mol. The highest BCUT2D eigenvalue weighted by atomic mass is 79.9. The van der Waals surface area contributed by atoms with E-state index < -0.39 is 10.0 Å². The number of nitrogens with two attached hydrogens (primary N) is 1. The van der Waals surface area contributed by atoms with Gasteiger partial charge >= 0.3 is 0 Å². The molecule has 0 aromatic heterocycles. The second-order valence-corrected chi connectivity index (χ2v) is 8.06. The number of hydrogen-bond donors (Lipinski definition) is 2. The molecule has 20 heavy (non-hydrogen) atoms. The van der Waals surface area contributed by atoms with Crippen LogP contribution in [0.2, 0.25) is 5.02 Å². The van der Waals surface area contributed by atoms with Crippen molar-refractivity contribution < 1.29 is 8.42 Å². The zero-order chi connectivity index (χ0) is 14.8. The van der Waals surface area contributed by atoms with Gasteiger partial charge < -0.3 is 5.73 Å². The molecule has 0 heterocycles. The predicted octanol–water partition coefficient (Wildman–Crippen LogP) is 2.90. The highest BCUT2D eigenvalue weighted by Gasteiger charge is 2.28. The van der Waals surface area contributed by atoms with Gasteiger partial charge in [0.25, 0.3) is 0 Å². The minimum atomic E-state index is -3.57. The minimum absolute atomic E-state index is 0.197. The molecule has 0 amide bonds. The average molecular weight is 382 g/mol. The Morgan fingerprint density at radius 1 is 1.40 bits per heavy atom. The lowest BCUT2D eigenvalue weighted by atomic mass is 9.99. The molecule has 0 bridgehead atoms. The van der Waals surface area contributed by atoms with Crippen molar-refractivity contribution in [1.82, 2.24) is 4.72 Å². The number of halogens is 2. The lowest BCUT2D eigenvalue weighted by Crippen LogP contribution is -2.44. The molecule has 1 aromatic carbocycles. The van der Waals surface area contributed by atoms with Gasteiger partial charge in [-0.15, -0.1) is 0 Å². The normalized spacial score (nSPS) is 18.4. The lowest BCUT2D eigenvalue weighted by Gasteiger charge is -2.23. The highest BCUT2D eigenvalue weighted by molar-refractivity contribution is 9.10. The molecule has 1 saturated carbocycles. The molecule has 4 nitrogen and oxygen atoms in total. The smallest absolute Gasteiger partial charge is 0.240 e. The Bertz CT molecular complexity index is 574. The van der Waals surface area contributed by atoms with Crippen LogP contribution in [0, 0.1) is 5.92 Å². The van der Waals surface area contributed by atoms with E-state index in [0.29, 0.717) is 22.0 Å². The van der Waals surface area contributed by atoms with Crippen molar-refractivity contribution in [1.29, 1.82) is 0 Å². The summed E-state index contributed by atoms with van der Waals surface area (Å²) in [5.41, 5.74) is 5.73. The summed E-state index contributed by atoms with van der Waals surface area (Å²) >= 11 is 9.12. The quantitative estimate of drug-likeness (QED) is 0.823. The third-order valence-electron chi connectivity index (χ3n) is 3.73. The van der Waals surface area contributed by atoms with Crippen LogP contribution in [0.5, 0.6) is 0 Å². The Morgan fingerprint density at radius 2 is 2.05 bits per heavy atom. The molecule has 1 aromatic rings. The summed E-state index contributed by atoms with van der Waals surface area (Å²) in [6.45, 7) is 0.318. The predicted molar refractivity (Wildman–Crippen MR) is 84.3 cm³/mol. The van der Waals surface area contributed by atoms with Gasteiger partial charge in [-0.3, -0.25) is 0 Å². The van der Waals surface area contributed by atoms with E-state index in [0.717, 1.165) is 25.7 Å². The van der Waals surface area contributed by atoms with Gasteiger partial charge in [0.2, 0.25) is 10.0 Å². The lowest BCUT2D eigenvalue weighted by molar-refractivity contribution is 0.405. The second kappa shape index (κ2) is 6.75. The summed E-state index contributed by atoms with van der Waals surface area (Å²) in [5.74, 6) is 0.338. The van der Waals surface area contributed by atoms with E-state index in [1.54, 1.807) is 6.07 Å².